The molecular weight excluding hydrogens is 462 g/mol. The number of carbonyl (C=O) groups excluding carboxylic acids is 1. The van der Waals surface area contributed by atoms with Gasteiger partial charge in [0.05, 0.1) is 12.3 Å². The quantitative estimate of drug-likeness (QED) is 0.204. The van der Waals surface area contributed by atoms with Crippen molar-refractivity contribution in [3.8, 4) is 17.1 Å². The van der Waals surface area contributed by atoms with Crippen LogP contribution in [0.2, 0.25) is 0 Å². The third-order valence-electron chi connectivity index (χ3n) is 5.69. The molecule has 0 aliphatic carbocycles. The Morgan fingerprint density at radius 2 is 1.79 bits per heavy atom. The lowest BCUT2D eigenvalue weighted by atomic mass is 10.2. The van der Waals surface area contributed by atoms with Crippen LogP contribution >= 0.6 is 23.1 Å². The molecule has 0 saturated carbocycles. The van der Waals surface area contributed by atoms with Crippen LogP contribution in [-0.2, 0) is 6.54 Å². The van der Waals surface area contributed by atoms with Gasteiger partial charge in [0, 0.05) is 45.5 Å². The van der Waals surface area contributed by atoms with Crippen LogP contribution in [-0.4, -0.2) is 35.9 Å². The van der Waals surface area contributed by atoms with Gasteiger partial charge in [-0.05, 0) is 55.6 Å². The highest BCUT2D eigenvalue weighted by atomic mass is 32.2. The molecule has 34 heavy (non-hydrogen) atoms. The molecule has 0 aliphatic rings. The Balaban J connectivity index is 1.41. The second kappa shape index (κ2) is 9.79. The summed E-state index contributed by atoms with van der Waals surface area (Å²) >= 11 is 3.14. The van der Waals surface area contributed by atoms with Gasteiger partial charge in [-0.15, -0.1) is 21.5 Å². The Kier molecular flexibility index (Phi) is 6.42. The number of ketones is 1. The van der Waals surface area contributed by atoms with E-state index in [0.717, 1.165) is 40.6 Å². The van der Waals surface area contributed by atoms with Crippen LogP contribution in [0.5, 0.6) is 0 Å². The molecule has 0 radical (unpaired) electrons. The third-order valence-corrected chi connectivity index (χ3v) is 7.48. The molecule has 4 aromatic heterocycles. The molecule has 0 N–H and O–H groups in total. The Morgan fingerprint density at radius 3 is 2.53 bits per heavy atom. The highest BCUT2D eigenvalue weighted by molar-refractivity contribution is 7.99. The molecule has 8 heteroatoms. The third kappa shape index (κ3) is 4.47. The first kappa shape index (κ1) is 22.3. The van der Waals surface area contributed by atoms with Gasteiger partial charge in [-0.2, -0.15) is 0 Å². The summed E-state index contributed by atoms with van der Waals surface area (Å²) in [6.07, 6.45) is 3.48. The number of carbonyl (C=O) groups is 1. The monoisotopic (exact) mass is 485 g/mol. The van der Waals surface area contributed by atoms with Crippen molar-refractivity contribution in [2.24, 2.45) is 0 Å². The minimum absolute atomic E-state index is 0.0867. The number of hydrogen-bond acceptors (Lipinski definition) is 6. The van der Waals surface area contributed by atoms with E-state index in [-0.39, 0.29) is 11.5 Å². The summed E-state index contributed by atoms with van der Waals surface area (Å²) in [6.45, 7) is 4.86. The number of pyridine rings is 1. The topological polar surface area (TPSA) is 65.6 Å². The maximum absolute atomic E-state index is 13.2. The van der Waals surface area contributed by atoms with Gasteiger partial charge < -0.3 is 4.57 Å². The average molecular weight is 486 g/mol. The second-order valence-corrected chi connectivity index (χ2v) is 9.85. The predicted molar refractivity (Wildman–Crippen MR) is 137 cm³/mol. The number of aromatic nitrogens is 5. The van der Waals surface area contributed by atoms with Gasteiger partial charge in [-0.25, -0.2) is 0 Å². The van der Waals surface area contributed by atoms with Gasteiger partial charge in [0.25, 0.3) is 0 Å². The lowest BCUT2D eigenvalue weighted by Crippen LogP contribution is -2.08. The Bertz CT molecular complexity index is 1410. The minimum atomic E-state index is 0.0867. The van der Waals surface area contributed by atoms with E-state index >= 15 is 0 Å². The summed E-state index contributed by atoms with van der Waals surface area (Å²) in [5.74, 6) is 1.09. The van der Waals surface area contributed by atoms with Gasteiger partial charge in [0.1, 0.15) is 0 Å². The fourth-order valence-corrected chi connectivity index (χ4v) is 5.48. The highest BCUT2D eigenvalue weighted by Crippen LogP contribution is 2.29. The smallest absolute Gasteiger partial charge is 0.196 e. The van der Waals surface area contributed by atoms with Crippen molar-refractivity contribution in [3.63, 3.8) is 0 Å². The van der Waals surface area contributed by atoms with E-state index in [0.29, 0.717) is 5.16 Å². The molecule has 1 aromatic carbocycles. The van der Waals surface area contributed by atoms with Gasteiger partial charge in [0.15, 0.2) is 16.8 Å². The van der Waals surface area contributed by atoms with Crippen LogP contribution in [0.25, 0.3) is 17.1 Å². The van der Waals surface area contributed by atoms with E-state index in [1.165, 1.54) is 16.6 Å². The molecule has 0 unspecified atom stereocenters. The maximum Gasteiger partial charge on any atom is 0.196 e. The summed E-state index contributed by atoms with van der Waals surface area (Å²) in [5.41, 5.74) is 4.72. The molecule has 0 aliphatic heterocycles. The van der Waals surface area contributed by atoms with E-state index in [1.807, 2.05) is 60.0 Å². The summed E-state index contributed by atoms with van der Waals surface area (Å²) in [6, 6.07) is 19.9. The standard InChI is InChI=1S/C26H23N5OS2/c1-18-15-23(19(2)30(18)16-22-9-6-14-33-22)24(32)17-34-26-29-28-25(20-10-12-27-13-11-20)31(26)21-7-4-3-5-8-21/h3-15H,16-17H2,1-2H3. The molecule has 0 atom stereocenters. The number of thiophene rings is 1. The van der Waals surface area contributed by atoms with Crippen molar-refractivity contribution in [2.75, 3.05) is 5.75 Å². The zero-order chi connectivity index (χ0) is 23.5. The number of hydrogen-bond donors (Lipinski definition) is 0. The fourth-order valence-electron chi connectivity index (χ4n) is 3.95. The lowest BCUT2D eigenvalue weighted by molar-refractivity contribution is 0.102. The number of aryl methyl sites for hydroxylation is 1. The number of nitrogens with zero attached hydrogens (tertiary/aromatic N) is 5. The molecule has 0 amide bonds. The average Bonchev–Trinajstić information content (AvgIpc) is 3.60. The molecule has 0 saturated heterocycles. The number of rotatable bonds is 8. The Hall–Kier alpha value is -3.49. The second-order valence-electron chi connectivity index (χ2n) is 7.88. The van der Waals surface area contributed by atoms with Crippen LogP contribution in [0.1, 0.15) is 26.6 Å². The maximum atomic E-state index is 13.2. The molecule has 5 rings (SSSR count). The molecule has 0 fully saturated rings. The van der Waals surface area contributed by atoms with Crippen LogP contribution in [0.3, 0.4) is 0 Å². The fraction of sp³-hybridized carbons (Fsp3) is 0.154. The molecule has 170 valence electrons. The SMILES string of the molecule is Cc1cc(C(=O)CSc2nnc(-c3ccncc3)n2-c2ccccc2)c(C)n1Cc1cccs1. The zero-order valence-corrected chi connectivity index (χ0v) is 20.5. The summed E-state index contributed by atoms with van der Waals surface area (Å²) < 4.78 is 4.20. The van der Waals surface area contributed by atoms with E-state index in [4.69, 9.17) is 0 Å². The molecular formula is C26H23N5OS2. The summed E-state index contributed by atoms with van der Waals surface area (Å²) in [5, 5.41) is 11.6. The van der Waals surface area contributed by atoms with Crippen LogP contribution in [0, 0.1) is 13.8 Å². The largest absolute Gasteiger partial charge is 0.343 e. The lowest BCUT2D eigenvalue weighted by Gasteiger charge is -2.10. The van der Waals surface area contributed by atoms with Gasteiger partial charge >= 0.3 is 0 Å². The van der Waals surface area contributed by atoms with Gasteiger partial charge in [0.2, 0.25) is 0 Å². The van der Waals surface area contributed by atoms with Crippen molar-refractivity contribution in [1.82, 2.24) is 24.3 Å². The highest BCUT2D eigenvalue weighted by Gasteiger charge is 2.20. The van der Waals surface area contributed by atoms with Gasteiger partial charge in [-0.1, -0.05) is 36.0 Å². The van der Waals surface area contributed by atoms with E-state index in [2.05, 4.69) is 44.2 Å². The van der Waals surface area contributed by atoms with Crippen molar-refractivity contribution in [2.45, 2.75) is 25.5 Å². The minimum Gasteiger partial charge on any atom is -0.343 e. The first-order chi connectivity index (χ1) is 16.6. The van der Waals surface area contributed by atoms with E-state index in [1.54, 1.807) is 23.7 Å². The first-order valence-electron chi connectivity index (χ1n) is 10.9. The zero-order valence-electron chi connectivity index (χ0n) is 18.9. The van der Waals surface area contributed by atoms with Crippen LogP contribution in [0.4, 0.5) is 0 Å². The first-order valence-corrected chi connectivity index (χ1v) is 12.7. The normalized spacial score (nSPS) is 11.1. The van der Waals surface area contributed by atoms with Crippen LogP contribution < -0.4 is 0 Å². The molecule has 4 heterocycles. The number of para-hydroxylation sites is 1. The Morgan fingerprint density at radius 1 is 1.00 bits per heavy atom. The van der Waals surface area contributed by atoms with E-state index in [9.17, 15) is 4.79 Å². The van der Waals surface area contributed by atoms with Crippen molar-refractivity contribution in [3.05, 3.63) is 100 Å². The molecule has 0 spiro atoms. The van der Waals surface area contributed by atoms with Crippen molar-refractivity contribution < 1.29 is 4.79 Å². The van der Waals surface area contributed by atoms with Crippen LogP contribution in [0.15, 0.2) is 83.6 Å². The molecule has 6 nitrogen and oxygen atoms in total. The van der Waals surface area contributed by atoms with Crippen molar-refractivity contribution >= 4 is 28.9 Å². The van der Waals surface area contributed by atoms with Crippen molar-refractivity contribution in [1.29, 1.82) is 0 Å². The Labute approximate surface area is 206 Å². The number of Topliss-reactive ketones (excluding diaryl/α,β-unsaturated/α-hetero) is 1. The molecule has 0 bridgehead atoms. The predicted octanol–water partition coefficient (Wildman–Crippen LogP) is 5.83. The number of benzene rings is 1. The number of thioether (sulfide) groups is 1. The summed E-state index contributed by atoms with van der Waals surface area (Å²) in [4.78, 5) is 18.6. The van der Waals surface area contributed by atoms with Gasteiger partial charge in [-0.3, -0.25) is 14.3 Å². The molecule has 5 aromatic rings. The van der Waals surface area contributed by atoms with E-state index < -0.39 is 0 Å². The summed E-state index contributed by atoms with van der Waals surface area (Å²) in [7, 11) is 0.